The average molecular weight is 345 g/mol. The van der Waals surface area contributed by atoms with Crippen LogP contribution in [0.2, 0.25) is 5.02 Å². The van der Waals surface area contributed by atoms with Gasteiger partial charge in [0.1, 0.15) is 6.04 Å². The number of hydrogen-bond donors (Lipinski definition) is 1. The van der Waals surface area contributed by atoms with Crippen molar-refractivity contribution < 1.29 is 13.2 Å². The molecule has 1 unspecified atom stereocenters. The largest absolute Gasteiger partial charge is 0.442 e. The van der Waals surface area contributed by atoms with Gasteiger partial charge >= 0.3 is 5.51 Å². The van der Waals surface area contributed by atoms with Crippen LogP contribution < -0.4 is 0 Å². The van der Waals surface area contributed by atoms with E-state index in [1.807, 2.05) is 0 Å². The summed E-state index contributed by atoms with van der Waals surface area (Å²) in [5, 5.41) is 4.18. The first-order chi connectivity index (χ1) is 10.4. The van der Waals surface area contributed by atoms with E-state index in [9.17, 15) is 13.2 Å². The summed E-state index contributed by atoms with van der Waals surface area (Å²) in [6, 6.07) is 13.1. The molecule has 0 aliphatic carbocycles. The Morgan fingerprint density at radius 1 is 1.00 bits per heavy atom. The van der Waals surface area contributed by atoms with Crippen molar-refractivity contribution in [2.24, 2.45) is 5.11 Å². The van der Waals surface area contributed by atoms with Crippen LogP contribution in [0.4, 0.5) is 13.2 Å². The molecular weight excluding hydrogens is 333 g/mol. The molecule has 7 heteroatoms. The van der Waals surface area contributed by atoms with Crippen LogP contribution in [0.1, 0.15) is 22.7 Å². The molecule has 22 heavy (non-hydrogen) atoms. The third-order valence-corrected chi connectivity index (χ3v) is 4.07. The average Bonchev–Trinajstić information content (AvgIpc) is 2.48. The Hall–Kier alpha value is -1.53. The van der Waals surface area contributed by atoms with Crippen molar-refractivity contribution in [1.29, 1.82) is 5.53 Å². The number of rotatable bonds is 5. The second-order valence-corrected chi connectivity index (χ2v) is 6.04. The topological polar surface area (TPSA) is 36.2 Å². The number of nitrogens with one attached hydrogen (secondary N) is 1. The third-order valence-electron chi connectivity index (χ3n) is 3.01. The summed E-state index contributed by atoms with van der Waals surface area (Å²) in [5.74, 6) is -0.132. The summed E-state index contributed by atoms with van der Waals surface area (Å²) in [6.45, 7) is 0. The van der Waals surface area contributed by atoms with Crippen LogP contribution in [0.15, 0.2) is 53.6 Å². The van der Waals surface area contributed by atoms with Crippen molar-refractivity contribution in [3.8, 4) is 0 Å². The van der Waals surface area contributed by atoms with Gasteiger partial charge in [0.2, 0.25) is 0 Å². The molecule has 0 radical (unpaired) electrons. The van der Waals surface area contributed by atoms with E-state index in [0.29, 0.717) is 10.6 Å². The van der Waals surface area contributed by atoms with E-state index in [0.717, 1.165) is 11.1 Å². The van der Waals surface area contributed by atoms with Crippen molar-refractivity contribution in [2.45, 2.75) is 17.3 Å². The van der Waals surface area contributed by atoms with Gasteiger partial charge in [-0.15, -0.1) is 0 Å². The Morgan fingerprint density at radius 2 is 1.50 bits per heavy atom. The number of nitrogens with zero attached hydrogens (tertiary/aromatic N) is 1. The van der Waals surface area contributed by atoms with Crippen molar-refractivity contribution in [3.05, 3.63) is 70.2 Å². The first-order valence-electron chi connectivity index (χ1n) is 6.30. The van der Waals surface area contributed by atoms with Gasteiger partial charge in [-0.1, -0.05) is 48.0 Å². The summed E-state index contributed by atoms with van der Waals surface area (Å²) < 4.78 is 36.5. The third kappa shape index (κ3) is 4.74. The second kappa shape index (κ2) is 7.15. The number of hydrogen-bond acceptors (Lipinski definition) is 3. The zero-order valence-electron chi connectivity index (χ0n) is 11.3. The van der Waals surface area contributed by atoms with Crippen LogP contribution in [-0.4, -0.2) is 5.51 Å². The quantitative estimate of drug-likeness (QED) is 0.643. The zero-order valence-corrected chi connectivity index (χ0v) is 12.8. The highest BCUT2D eigenvalue weighted by Crippen LogP contribution is 2.33. The Morgan fingerprint density at radius 3 is 1.95 bits per heavy atom. The van der Waals surface area contributed by atoms with E-state index in [1.165, 1.54) is 0 Å². The smallest absolute Gasteiger partial charge is 0.209 e. The molecule has 2 rings (SSSR count). The first kappa shape index (κ1) is 16.8. The van der Waals surface area contributed by atoms with Crippen LogP contribution in [0, 0.1) is 5.53 Å². The summed E-state index contributed by atoms with van der Waals surface area (Å²) in [6.07, 6.45) is 0. The molecule has 0 aliphatic rings. The molecule has 1 atom stereocenters. The summed E-state index contributed by atoms with van der Waals surface area (Å²) >= 11 is 5.76. The van der Waals surface area contributed by atoms with Crippen LogP contribution in [0.3, 0.4) is 0 Å². The van der Waals surface area contributed by atoms with Crippen molar-refractivity contribution in [3.63, 3.8) is 0 Å². The van der Waals surface area contributed by atoms with Gasteiger partial charge in [-0.3, -0.25) is 0 Å². The minimum Gasteiger partial charge on any atom is -0.209 e. The van der Waals surface area contributed by atoms with Crippen LogP contribution in [-0.2, 0) is 5.75 Å². The van der Waals surface area contributed by atoms with E-state index in [4.69, 9.17) is 17.1 Å². The first-order valence-corrected chi connectivity index (χ1v) is 7.67. The Kier molecular flexibility index (Phi) is 5.47. The SMILES string of the molecule is N=NC(c1ccc(Cl)cc1)c1ccc(CSC(F)(F)F)cc1. The van der Waals surface area contributed by atoms with E-state index < -0.39 is 11.6 Å². The number of alkyl halides is 3. The highest BCUT2D eigenvalue weighted by molar-refractivity contribution is 7.99. The monoisotopic (exact) mass is 344 g/mol. The fourth-order valence-corrected chi connectivity index (χ4v) is 2.60. The van der Waals surface area contributed by atoms with Crippen molar-refractivity contribution >= 4 is 23.4 Å². The lowest BCUT2D eigenvalue weighted by Crippen LogP contribution is -2.01. The van der Waals surface area contributed by atoms with Gasteiger partial charge < -0.3 is 0 Å². The van der Waals surface area contributed by atoms with Gasteiger partial charge in [0.15, 0.2) is 0 Å². The summed E-state index contributed by atoms with van der Waals surface area (Å²) in [4.78, 5) is 0. The Labute approximate surface area is 135 Å². The predicted molar refractivity (Wildman–Crippen MR) is 82.2 cm³/mol. The molecule has 2 aromatic rings. The lowest BCUT2D eigenvalue weighted by atomic mass is 9.99. The lowest BCUT2D eigenvalue weighted by molar-refractivity contribution is -0.0329. The maximum Gasteiger partial charge on any atom is 0.442 e. The summed E-state index contributed by atoms with van der Waals surface area (Å²) in [5.41, 5.74) is 5.23. The normalized spacial score (nSPS) is 12.9. The molecule has 0 bridgehead atoms. The Balaban J connectivity index is 2.14. The molecule has 0 heterocycles. The van der Waals surface area contributed by atoms with Crippen LogP contribution >= 0.6 is 23.4 Å². The summed E-state index contributed by atoms with van der Waals surface area (Å²) in [7, 11) is 0. The second-order valence-electron chi connectivity index (χ2n) is 4.56. The fourth-order valence-electron chi connectivity index (χ4n) is 1.95. The molecule has 0 spiro atoms. The molecule has 0 aromatic heterocycles. The van der Waals surface area contributed by atoms with E-state index >= 15 is 0 Å². The molecule has 1 N–H and O–H groups in total. The molecule has 0 saturated carbocycles. The van der Waals surface area contributed by atoms with E-state index in [2.05, 4.69) is 5.11 Å². The zero-order chi connectivity index (χ0) is 16.2. The van der Waals surface area contributed by atoms with Gasteiger partial charge in [0, 0.05) is 10.8 Å². The van der Waals surface area contributed by atoms with Crippen molar-refractivity contribution in [1.82, 2.24) is 0 Å². The molecule has 116 valence electrons. The van der Waals surface area contributed by atoms with Crippen LogP contribution in [0.5, 0.6) is 0 Å². The van der Waals surface area contributed by atoms with E-state index in [1.54, 1.807) is 48.5 Å². The maximum absolute atomic E-state index is 12.2. The van der Waals surface area contributed by atoms with Gasteiger partial charge in [-0.05, 0) is 40.6 Å². The molecule has 2 aromatic carbocycles. The highest BCUT2D eigenvalue weighted by atomic mass is 35.5. The number of halogens is 4. The Bertz CT molecular complexity index is 627. The molecule has 0 amide bonds. The molecule has 0 fully saturated rings. The maximum atomic E-state index is 12.2. The minimum absolute atomic E-state index is 0.0705. The predicted octanol–water partition coefficient (Wildman–Crippen LogP) is 6.21. The van der Waals surface area contributed by atoms with Crippen molar-refractivity contribution in [2.75, 3.05) is 0 Å². The highest BCUT2D eigenvalue weighted by Gasteiger charge is 2.27. The molecular formula is C15H12ClF3N2S. The van der Waals surface area contributed by atoms with Crippen LogP contribution in [0.25, 0.3) is 0 Å². The van der Waals surface area contributed by atoms with Gasteiger partial charge in [-0.25, -0.2) is 5.53 Å². The molecule has 2 nitrogen and oxygen atoms in total. The fraction of sp³-hybridized carbons (Fsp3) is 0.200. The van der Waals surface area contributed by atoms with Gasteiger partial charge in [0.25, 0.3) is 0 Å². The van der Waals surface area contributed by atoms with Gasteiger partial charge in [0.05, 0.1) is 0 Å². The standard InChI is InChI=1S/C15H12ClF3N2S/c16-13-7-5-12(6-8-13)14(21-20)11-3-1-10(2-4-11)9-22-15(17,18)19/h1-8,14,20H,9H2. The molecule has 0 aliphatic heterocycles. The number of benzene rings is 2. The van der Waals surface area contributed by atoms with E-state index in [-0.39, 0.29) is 17.5 Å². The molecule has 0 saturated heterocycles. The van der Waals surface area contributed by atoms with Gasteiger partial charge in [-0.2, -0.15) is 18.3 Å². The number of thioether (sulfide) groups is 1. The minimum atomic E-state index is -4.24. The lowest BCUT2D eigenvalue weighted by Gasteiger charge is -2.12.